The predicted molar refractivity (Wildman–Crippen MR) is 145 cm³/mol. The van der Waals surface area contributed by atoms with E-state index >= 15 is 0 Å². The number of allylic oxidation sites excluding steroid dienone is 1. The van der Waals surface area contributed by atoms with Crippen LogP contribution in [0, 0.1) is 11.8 Å². The van der Waals surface area contributed by atoms with Crippen LogP contribution in [0.2, 0.25) is 0 Å². The summed E-state index contributed by atoms with van der Waals surface area (Å²) in [5.41, 5.74) is 2.61. The number of aromatic hydroxyl groups is 1. The van der Waals surface area contributed by atoms with E-state index in [-0.39, 0.29) is 42.1 Å². The number of ketones is 2. The fourth-order valence-corrected chi connectivity index (χ4v) is 6.16. The van der Waals surface area contributed by atoms with E-state index in [1.807, 2.05) is 0 Å². The van der Waals surface area contributed by atoms with Crippen molar-refractivity contribution in [1.29, 1.82) is 0 Å². The molecule has 0 fully saturated rings. The van der Waals surface area contributed by atoms with Gasteiger partial charge < -0.3 is 41.3 Å². The molecule has 0 bridgehead atoms. The topological polar surface area (TPSA) is 197 Å². The average molecular weight is 558 g/mol. The fraction of sp³-hybridized carbons (Fsp3) is 0.481. The number of likely N-dealkylation sites (N-methyl/N-ethyl adjacent to an activating group) is 2. The van der Waals surface area contributed by atoms with Crippen molar-refractivity contribution in [3.05, 3.63) is 39.9 Å². The third-order valence-corrected chi connectivity index (χ3v) is 8.11. The lowest BCUT2D eigenvalue weighted by atomic mass is 9.58. The Labute approximate surface area is 231 Å². The zero-order valence-electron chi connectivity index (χ0n) is 23.3. The van der Waals surface area contributed by atoms with Crippen molar-refractivity contribution in [1.82, 2.24) is 9.80 Å². The molecule has 7 N–H and O–H groups in total. The van der Waals surface area contributed by atoms with Gasteiger partial charge in [0.2, 0.25) is 11.7 Å². The molecule has 0 spiro atoms. The monoisotopic (exact) mass is 557 g/mol. The first-order valence-electron chi connectivity index (χ1n) is 12.7. The van der Waals surface area contributed by atoms with E-state index in [2.05, 4.69) is 5.32 Å². The molecular formula is C27H35N5O8. The van der Waals surface area contributed by atoms with Crippen molar-refractivity contribution in [2.24, 2.45) is 17.6 Å². The molecule has 40 heavy (non-hydrogen) atoms. The van der Waals surface area contributed by atoms with E-state index in [4.69, 9.17) is 5.73 Å². The molecule has 0 unspecified atom stereocenters. The van der Waals surface area contributed by atoms with Gasteiger partial charge in [-0.2, -0.15) is 0 Å². The van der Waals surface area contributed by atoms with Crippen LogP contribution in [0.5, 0.6) is 5.75 Å². The maximum atomic E-state index is 14.0. The lowest BCUT2D eigenvalue weighted by Gasteiger charge is -2.50. The Morgan fingerprint density at radius 3 is 2.25 bits per heavy atom. The number of fused-ring (bicyclic) bond motifs is 3. The van der Waals surface area contributed by atoms with Crippen LogP contribution in [-0.4, -0.2) is 114 Å². The third-order valence-electron chi connectivity index (χ3n) is 8.11. The SMILES string of the molecule is CN(C)C(=O)CNc1cc(N(C)C)c2c(c1O)C(=O)C1=C(O)[C@@]3(O)C(=O)C(C(N)=O)=C(O)[C@@H](N(C)C)[C@H]3C[C@H]1C2. The average Bonchev–Trinajstić information content (AvgIpc) is 2.84. The number of amides is 2. The molecule has 4 atom stereocenters. The van der Waals surface area contributed by atoms with Crippen molar-refractivity contribution in [2.45, 2.75) is 24.5 Å². The highest BCUT2D eigenvalue weighted by Crippen LogP contribution is 2.53. The first kappa shape index (κ1) is 28.9. The molecule has 1 aromatic carbocycles. The van der Waals surface area contributed by atoms with E-state index in [0.29, 0.717) is 11.3 Å². The van der Waals surface area contributed by atoms with Crippen molar-refractivity contribution >= 4 is 34.8 Å². The molecule has 216 valence electrons. The van der Waals surface area contributed by atoms with Gasteiger partial charge in [-0.1, -0.05) is 0 Å². The largest absolute Gasteiger partial charge is 0.510 e. The van der Waals surface area contributed by atoms with Gasteiger partial charge in [0, 0.05) is 45.4 Å². The first-order chi connectivity index (χ1) is 18.5. The molecule has 0 saturated carbocycles. The second-order valence-corrected chi connectivity index (χ2v) is 11.1. The first-order valence-corrected chi connectivity index (χ1v) is 12.7. The number of phenols is 1. The molecule has 1 aromatic rings. The number of hydrogen-bond acceptors (Lipinski definition) is 11. The minimum atomic E-state index is -2.71. The quantitative estimate of drug-likeness (QED) is 0.198. The summed E-state index contributed by atoms with van der Waals surface area (Å²) in [6.07, 6.45) is 0.156. The van der Waals surface area contributed by atoms with Gasteiger partial charge in [0.15, 0.2) is 11.4 Å². The van der Waals surface area contributed by atoms with E-state index in [9.17, 15) is 39.6 Å². The van der Waals surface area contributed by atoms with Gasteiger partial charge in [-0.3, -0.25) is 24.1 Å². The molecule has 3 aliphatic carbocycles. The molecule has 0 heterocycles. The number of primary amides is 1. The number of benzene rings is 1. The summed E-state index contributed by atoms with van der Waals surface area (Å²) in [6, 6.07) is 0.561. The van der Waals surface area contributed by atoms with Crippen molar-refractivity contribution in [3.63, 3.8) is 0 Å². The third kappa shape index (κ3) is 4.07. The fourth-order valence-electron chi connectivity index (χ4n) is 6.16. The molecule has 0 aromatic heterocycles. The lowest BCUT2D eigenvalue weighted by Crippen LogP contribution is -2.63. The second-order valence-electron chi connectivity index (χ2n) is 11.1. The smallest absolute Gasteiger partial charge is 0.255 e. The van der Waals surface area contributed by atoms with Crippen LogP contribution < -0.4 is 16.0 Å². The van der Waals surface area contributed by atoms with Gasteiger partial charge in [0.25, 0.3) is 5.91 Å². The van der Waals surface area contributed by atoms with Gasteiger partial charge in [0.1, 0.15) is 22.8 Å². The van der Waals surface area contributed by atoms with E-state index in [0.717, 1.165) is 0 Å². The normalized spacial score (nSPS) is 25.9. The Morgan fingerprint density at radius 2 is 1.73 bits per heavy atom. The molecule has 13 nitrogen and oxygen atoms in total. The summed E-state index contributed by atoms with van der Waals surface area (Å²) in [4.78, 5) is 56.3. The maximum Gasteiger partial charge on any atom is 0.255 e. The molecule has 3 aliphatic rings. The lowest BCUT2D eigenvalue weighted by molar-refractivity contribution is -0.148. The highest BCUT2D eigenvalue weighted by Gasteiger charge is 2.63. The van der Waals surface area contributed by atoms with Gasteiger partial charge in [-0.25, -0.2) is 0 Å². The van der Waals surface area contributed by atoms with Crippen LogP contribution in [0.15, 0.2) is 28.7 Å². The number of rotatable bonds is 6. The summed E-state index contributed by atoms with van der Waals surface area (Å²) in [5, 5.41) is 48.1. The Balaban J connectivity index is 1.92. The predicted octanol–water partition coefficient (Wildman–Crippen LogP) is -0.313. The van der Waals surface area contributed by atoms with Crippen LogP contribution in [0.1, 0.15) is 22.3 Å². The summed E-state index contributed by atoms with van der Waals surface area (Å²) < 4.78 is 0. The van der Waals surface area contributed by atoms with E-state index in [1.54, 1.807) is 53.3 Å². The number of aliphatic hydroxyl groups excluding tert-OH is 2. The van der Waals surface area contributed by atoms with Crippen molar-refractivity contribution < 1.29 is 39.6 Å². The molecule has 13 heteroatoms. The van der Waals surface area contributed by atoms with E-state index < -0.39 is 63.8 Å². The molecular weight excluding hydrogens is 522 g/mol. The van der Waals surface area contributed by atoms with Crippen LogP contribution in [0.25, 0.3) is 0 Å². The second kappa shape index (κ2) is 9.82. The van der Waals surface area contributed by atoms with Gasteiger partial charge in [-0.15, -0.1) is 0 Å². The summed E-state index contributed by atoms with van der Waals surface area (Å²) in [7, 11) is 9.81. The van der Waals surface area contributed by atoms with E-state index in [1.165, 1.54) is 9.80 Å². The van der Waals surface area contributed by atoms with Crippen LogP contribution in [0.3, 0.4) is 0 Å². The number of nitrogens with two attached hydrogens (primary N) is 1. The maximum absolute atomic E-state index is 14.0. The van der Waals surface area contributed by atoms with Gasteiger partial charge in [-0.05, 0) is 44.5 Å². The number of carbonyl (C=O) groups is 4. The number of aliphatic hydroxyl groups is 3. The van der Waals surface area contributed by atoms with Crippen LogP contribution in [0.4, 0.5) is 11.4 Å². The van der Waals surface area contributed by atoms with Crippen molar-refractivity contribution in [3.8, 4) is 5.75 Å². The zero-order valence-corrected chi connectivity index (χ0v) is 23.3. The van der Waals surface area contributed by atoms with Crippen molar-refractivity contribution in [2.75, 3.05) is 59.0 Å². The zero-order chi connectivity index (χ0) is 30.0. The molecule has 2 amide bonds. The highest BCUT2D eigenvalue weighted by molar-refractivity contribution is 6.25. The molecule has 4 rings (SSSR count). The number of anilines is 2. The Bertz CT molecular complexity index is 1400. The Hall–Kier alpha value is -4.10. The Morgan fingerprint density at radius 1 is 1.10 bits per heavy atom. The molecule has 0 saturated heterocycles. The molecule has 0 aliphatic heterocycles. The standard InChI is InChI=1S/C27H35N5O8/c1-30(2)15-9-14(29-10-16(33)31(3)4)21(34)18-12(15)7-11-8-13-20(32(5)6)23(36)19(26(28)39)25(38)27(13,40)24(37)17(11)22(18)35/h9,11,13,20,29,34,36-37,40H,7-8,10H2,1-6H3,(H2,28,39)/t11-,13-,20+,27-/m1/s1. The summed E-state index contributed by atoms with van der Waals surface area (Å²) >= 11 is 0. The van der Waals surface area contributed by atoms with Gasteiger partial charge in [0.05, 0.1) is 23.8 Å². The number of hydrogen-bond donors (Lipinski definition) is 6. The minimum Gasteiger partial charge on any atom is -0.510 e. The summed E-state index contributed by atoms with van der Waals surface area (Å²) in [5.74, 6) is -7.43. The Kier molecular flexibility index (Phi) is 7.10. The number of nitrogens with zero attached hydrogens (tertiary/aromatic N) is 3. The molecule has 0 radical (unpaired) electrons. The highest BCUT2D eigenvalue weighted by atomic mass is 16.3. The van der Waals surface area contributed by atoms with Gasteiger partial charge >= 0.3 is 0 Å². The number of phenolic OH excluding ortho intramolecular Hbond substituents is 1. The summed E-state index contributed by atoms with van der Waals surface area (Å²) in [6.45, 7) is -0.162. The number of carbonyl (C=O) groups excluding carboxylic acids is 4. The minimum absolute atomic E-state index is 0.00324. The van der Waals surface area contributed by atoms with Crippen LogP contribution >= 0.6 is 0 Å². The number of Topliss-reactive ketones (excluding diaryl/α,β-unsaturated/α-hetero) is 2. The number of nitrogens with one attached hydrogen (secondary N) is 1. The van der Waals surface area contributed by atoms with Crippen LogP contribution in [-0.2, 0) is 20.8 Å².